The predicted molar refractivity (Wildman–Crippen MR) is 162 cm³/mol. The lowest BCUT2D eigenvalue weighted by molar-refractivity contribution is -0.116. The molecule has 2 aromatic heterocycles. The van der Waals surface area contributed by atoms with Crippen molar-refractivity contribution in [1.29, 1.82) is 0 Å². The Morgan fingerprint density at radius 2 is 1.82 bits per heavy atom. The number of amides is 1. The van der Waals surface area contributed by atoms with Crippen molar-refractivity contribution >= 4 is 52.1 Å². The van der Waals surface area contributed by atoms with E-state index in [9.17, 15) is 4.79 Å². The fourth-order valence-corrected chi connectivity index (χ4v) is 5.97. The monoisotopic (exact) mass is 577 g/mol. The van der Waals surface area contributed by atoms with Crippen molar-refractivity contribution in [3.05, 3.63) is 111 Å². The summed E-state index contributed by atoms with van der Waals surface area (Å²) >= 11 is 18.8. The summed E-state index contributed by atoms with van der Waals surface area (Å²) in [5, 5.41) is 8.09. The fourth-order valence-electron chi connectivity index (χ4n) is 5.26. The van der Waals surface area contributed by atoms with E-state index in [1.165, 1.54) is 0 Å². The molecule has 0 radical (unpaired) electrons. The number of carbonyl (C=O) groups excluding carboxylic acids is 1. The molecule has 0 bridgehead atoms. The summed E-state index contributed by atoms with van der Waals surface area (Å²) < 4.78 is 2.11. The van der Waals surface area contributed by atoms with Gasteiger partial charge < -0.3 is 20.1 Å². The minimum atomic E-state index is -0.193. The number of para-hydroxylation sites is 1. The van der Waals surface area contributed by atoms with Crippen molar-refractivity contribution in [3.8, 4) is 5.69 Å². The molecule has 4 aromatic rings. The van der Waals surface area contributed by atoms with Crippen LogP contribution in [-0.4, -0.2) is 32.0 Å². The first kappa shape index (κ1) is 27.2. The highest BCUT2D eigenvalue weighted by molar-refractivity contribution is 7.80. The van der Waals surface area contributed by atoms with E-state index in [2.05, 4.69) is 38.1 Å². The summed E-state index contributed by atoms with van der Waals surface area (Å²) in [5.74, 6) is -0.0664. The number of thiocarbonyl (C=S) groups is 1. The third-order valence-corrected chi connectivity index (χ3v) is 8.32. The highest BCUT2D eigenvalue weighted by atomic mass is 35.5. The van der Waals surface area contributed by atoms with Crippen molar-refractivity contribution in [1.82, 2.24) is 19.8 Å². The van der Waals surface area contributed by atoms with Crippen LogP contribution in [0.4, 0.5) is 5.69 Å². The van der Waals surface area contributed by atoms with E-state index in [1.807, 2.05) is 68.4 Å². The molecule has 0 aliphatic carbocycles. The summed E-state index contributed by atoms with van der Waals surface area (Å²) in [6.45, 7) is 6.54. The highest BCUT2D eigenvalue weighted by Crippen LogP contribution is 2.42. The number of rotatable bonds is 7. The van der Waals surface area contributed by atoms with Gasteiger partial charge in [0.05, 0.1) is 33.5 Å². The molecule has 6 nitrogen and oxygen atoms in total. The van der Waals surface area contributed by atoms with Crippen LogP contribution in [-0.2, 0) is 4.79 Å². The van der Waals surface area contributed by atoms with Crippen LogP contribution in [0.25, 0.3) is 5.69 Å². The van der Waals surface area contributed by atoms with Crippen LogP contribution >= 0.6 is 35.4 Å². The number of halogens is 2. The first-order valence-corrected chi connectivity index (χ1v) is 13.9. The van der Waals surface area contributed by atoms with Gasteiger partial charge in [0.15, 0.2) is 5.11 Å². The topological polar surface area (TPSA) is 62.2 Å². The van der Waals surface area contributed by atoms with Crippen molar-refractivity contribution in [2.75, 3.05) is 11.9 Å². The zero-order valence-corrected chi connectivity index (χ0v) is 24.2. The summed E-state index contributed by atoms with van der Waals surface area (Å²) in [4.78, 5) is 19.7. The lowest BCUT2D eigenvalue weighted by Crippen LogP contribution is -2.33. The van der Waals surface area contributed by atoms with E-state index in [0.29, 0.717) is 21.7 Å². The highest BCUT2D eigenvalue weighted by Gasteiger charge is 2.41. The number of hydrogen-bond acceptors (Lipinski definition) is 3. The Hall–Kier alpha value is -3.39. The van der Waals surface area contributed by atoms with Crippen LogP contribution in [0.15, 0.2) is 72.9 Å². The number of nitrogens with zero attached hydrogens (tertiary/aromatic N) is 3. The number of aromatic nitrogens is 2. The molecule has 2 N–H and O–H groups in total. The first-order valence-electron chi connectivity index (χ1n) is 12.7. The van der Waals surface area contributed by atoms with Crippen LogP contribution in [0.5, 0.6) is 0 Å². The lowest BCUT2D eigenvalue weighted by atomic mass is 9.96. The number of anilines is 1. The summed E-state index contributed by atoms with van der Waals surface area (Å²) in [5.41, 5.74) is 6.63. The Labute approximate surface area is 244 Å². The van der Waals surface area contributed by atoms with Crippen molar-refractivity contribution in [2.45, 2.75) is 39.3 Å². The van der Waals surface area contributed by atoms with Gasteiger partial charge in [0, 0.05) is 36.2 Å². The molecular formula is C30H29Cl2N5OS. The maximum Gasteiger partial charge on any atom is 0.226 e. The van der Waals surface area contributed by atoms with E-state index >= 15 is 0 Å². The minimum Gasteiger partial charge on any atom is -0.352 e. The molecule has 0 unspecified atom stereocenters. The van der Waals surface area contributed by atoms with Gasteiger partial charge in [-0.25, -0.2) is 0 Å². The Morgan fingerprint density at radius 1 is 1.05 bits per heavy atom. The van der Waals surface area contributed by atoms with Gasteiger partial charge in [-0.15, -0.1) is 0 Å². The lowest BCUT2D eigenvalue weighted by Gasteiger charge is -2.28. The molecule has 0 spiro atoms. The summed E-state index contributed by atoms with van der Waals surface area (Å²) in [6.07, 6.45) is 2.06. The standard InChI is InChI=1S/C30H29Cl2N5OS/c1-18-9-4-5-11-23(18)34-26(38)14-16-36-29(28(35-30(36)39)24-12-6-7-15-33-24)21-17-19(2)37(20(21)3)25-13-8-10-22(31)27(25)32/h4-13,15,17,28-29H,14,16H2,1-3H3,(H,34,38)(H,35,39)/t28-,29+/m0/s1. The van der Waals surface area contributed by atoms with Gasteiger partial charge in [-0.2, -0.15) is 0 Å². The van der Waals surface area contributed by atoms with Crippen molar-refractivity contribution < 1.29 is 4.79 Å². The van der Waals surface area contributed by atoms with Crippen LogP contribution in [0.2, 0.25) is 10.0 Å². The smallest absolute Gasteiger partial charge is 0.226 e. The van der Waals surface area contributed by atoms with Gasteiger partial charge in [0.25, 0.3) is 0 Å². The Bertz CT molecular complexity index is 1540. The Kier molecular flexibility index (Phi) is 7.93. The first-order chi connectivity index (χ1) is 18.8. The third-order valence-electron chi connectivity index (χ3n) is 7.16. The summed E-state index contributed by atoms with van der Waals surface area (Å²) in [7, 11) is 0. The fraction of sp³-hybridized carbons (Fsp3) is 0.233. The quantitative estimate of drug-likeness (QED) is 0.229. The molecule has 2 atom stereocenters. The molecule has 39 heavy (non-hydrogen) atoms. The van der Waals surface area contributed by atoms with Gasteiger partial charge in [-0.05, 0) is 80.5 Å². The predicted octanol–water partition coefficient (Wildman–Crippen LogP) is 7.11. The van der Waals surface area contributed by atoms with Gasteiger partial charge in [0.1, 0.15) is 0 Å². The maximum atomic E-state index is 13.0. The maximum absolute atomic E-state index is 13.0. The third kappa shape index (κ3) is 5.39. The molecule has 2 aromatic carbocycles. The van der Waals surface area contributed by atoms with Crippen LogP contribution in [0, 0.1) is 20.8 Å². The molecule has 1 amide bonds. The average Bonchev–Trinajstić information content (AvgIpc) is 3.40. The minimum absolute atomic E-state index is 0.0664. The second kappa shape index (κ2) is 11.4. The van der Waals surface area contributed by atoms with Gasteiger partial charge in [-0.3, -0.25) is 9.78 Å². The van der Waals surface area contributed by atoms with Crippen molar-refractivity contribution in [2.24, 2.45) is 0 Å². The normalized spacial score (nSPS) is 16.8. The molecule has 0 saturated carbocycles. The number of benzene rings is 2. The van der Waals surface area contributed by atoms with E-state index in [4.69, 9.17) is 35.4 Å². The SMILES string of the molecule is Cc1ccccc1NC(=O)CCN1C(=S)N[C@@H](c2ccccn2)[C@H]1c1cc(C)n(-c2cccc(Cl)c2Cl)c1C. The molecule has 5 rings (SSSR count). The number of aryl methyl sites for hydroxylation is 2. The number of nitrogens with one attached hydrogen (secondary N) is 2. The second-order valence-electron chi connectivity index (χ2n) is 9.67. The number of carbonyl (C=O) groups is 1. The molecular weight excluding hydrogens is 549 g/mol. The van der Waals surface area contributed by atoms with Crippen LogP contribution in [0.1, 0.15) is 46.7 Å². The number of hydrogen-bond donors (Lipinski definition) is 2. The zero-order chi connectivity index (χ0) is 27.7. The Morgan fingerprint density at radius 3 is 2.56 bits per heavy atom. The Balaban J connectivity index is 1.50. The molecule has 1 aliphatic rings. The van der Waals surface area contributed by atoms with E-state index < -0.39 is 0 Å². The summed E-state index contributed by atoms with van der Waals surface area (Å²) in [6, 6.07) is 21.0. The molecule has 1 aliphatic heterocycles. The van der Waals surface area contributed by atoms with Gasteiger partial charge >= 0.3 is 0 Å². The number of pyridine rings is 1. The molecule has 3 heterocycles. The molecule has 200 valence electrons. The molecule has 9 heteroatoms. The van der Waals surface area contributed by atoms with Gasteiger partial charge in [0.2, 0.25) is 5.91 Å². The van der Waals surface area contributed by atoms with Crippen LogP contribution < -0.4 is 10.6 Å². The largest absolute Gasteiger partial charge is 0.352 e. The van der Waals surface area contributed by atoms with E-state index in [0.717, 1.165) is 39.6 Å². The second-order valence-corrected chi connectivity index (χ2v) is 10.8. The molecule has 1 fully saturated rings. The van der Waals surface area contributed by atoms with E-state index in [-0.39, 0.29) is 24.4 Å². The zero-order valence-electron chi connectivity index (χ0n) is 21.9. The average molecular weight is 579 g/mol. The van der Waals surface area contributed by atoms with Gasteiger partial charge in [-0.1, -0.05) is 53.5 Å². The molecule has 1 saturated heterocycles. The van der Waals surface area contributed by atoms with E-state index in [1.54, 1.807) is 12.3 Å². The van der Waals surface area contributed by atoms with Crippen LogP contribution in [0.3, 0.4) is 0 Å². The van der Waals surface area contributed by atoms with Crippen molar-refractivity contribution in [3.63, 3.8) is 0 Å².